The van der Waals surface area contributed by atoms with Crippen LogP contribution in [0.1, 0.15) is 30.6 Å². The molecule has 0 aliphatic rings. The van der Waals surface area contributed by atoms with Gasteiger partial charge in [0.2, 0.25) is 0 Å². The third kappa shape index (κ3) is 4.26. The summed E-state index contributed by atoms with van der Waals surface area (Å²) < 4.78 is 30.9. The molecule has 0 saturated carbocycles. The maximum atomic E-state index is 12.2. The number of methoxy groups -OCH3 is 1. The lowest BCUT2D eigenvalue weighted by atomic mass is 10.0. The minimum atomic E-state index is -4.00. The first kappa shape index (κ1) is 17.6. The van der Waals surface area contributed by atoms with Gasteiger partial charge in [-0.3, -0.25) is 4.79 Å². The number of rotatable bonds is 7. The van der Waals surface area contributed by atoms with E-state index >= 15 is 0 Å². The number of sulfonamides is 1. The Labute approximate surface area is 127 Å². The Bertz CT molecular complexity index is 621. The van der Waals surface area contributed by atoms with E-state index in [1.165, 1.54) is 12.5 Å². The Balaban J connectivity index is 3.02. The van der Waals surface area contributed by atoms with E-state index < -0.39 is 28.0 Å². The summed E-state index contributed by atoms with van der Waals surface area (Å²) in [5.74, 6) is -2.25. The van der Waals surface area contributed by atoms with Crippen molar-refractivity contribution in [3.63, 3.8) is 0 Å². The average molecular weight is 335 g/mol. The van der Waals surface area contributed by atoms with E-state index in [-0.39, 0.29) is 15.7 Å². The highest BCUT2D eigenvalue weighted by molar-refractivity contribution is 7.91. The van der Waals surface area contributed by atoms with Crippen molar-refractivity contribution in [3.05, 3.63) is 17.0 Å². The van der Waals surface area contributed by atoms with Crippen LogP contribution in [-0.4, -0.2) is 38.6 Å². The molecular formula is C12H17NO6S2. The lowest BCUT2D eigenvalue weighted by molar-refractivity contribution is -0.140. The Kier molecular flexibility index (Phi) is 5.87. The first-order valence-corrected chi connectivity index (χ1v) is 8.51. The number of esters is 1. The molecule has 1 heterocycles. The van der Waals surface area contributed by atoms with E-state index in [1.807, 2.05) is 0 Å². The first-order valence-electron chi connectivity index (χ1n) is 6.15. The largest absolute Gasteiger partial charge is 0.480 e. The third-order valence-electron chi connectivity index (χ3n) is 3.02. The van der Waals surface area contributed by atoms with Crippen LogP contribution in [0.15, 0.2) is 15.7 Å². The highest BCUT2D eigenvalue weighted by Gasteiger charge is 2.30. The summed E-state index contributed by atoms with van der Waals surface area (Å²) in [5.41, 5.74) is 0.110. The Hall–Kier alpha value is -1.45. The van der Waals surface area contributed by atoms with Crippen molar-refractivity contribution in [3.8, 4) is 0 Å². The fourth-order valence-electron chi connectivity index (χ4n) is 1.55. The number of nitrogens with one attached hydrogen (secondary N) is 1. The van der Waals surface area contributed by atoms with Crippen LogP contribution in [0.3, 0.4) is 0 Å². The van der Waals surface area contributed by atoms with Crippen LogP contribution >= 0.6 is 11.3 Å². The molecule has 0 unspecified atom stereocenters. The minimum absolute atomic E-state index is 0.110. The van der Waals surface area contributed by atoms with E-state index in [9.17, 15) is 18.0 Å². The van der Waals surface area contributed by atoms with E-state index in [4.69, 9.17) is 5.11 Å². The molecule has 0 amide bonds. The van der Waals surface area contributed by atoms with E-state index in [0.29, 0.717) is 6.42 Å². The lowest BCUT2D eigenvalue weighted by Gasteiger charge is -2.19. The molecule has 0 aliphatic heterocycles. The van der Waals surface area contributed by atoms with Crippen molar-refractivity contribution < 1.29 is 27.9 Å². The van der Waals surface area contributed by atoms with Gasteiger partial charge in [0.05, 0.1) is 12.7 Å². The molecule has 1 aromatic rings. The molecule has 1 aromatic heterocycles. The van der Waals surface area contributed by atoms with Gasteiger partial charge in [0.1, 0.15) is 10.3 Å². The molecule has 0 bridgehead atoms. The van der Waals surface area contributed by atoms with Gasteiger partial charge in [0, 0.05) is 5.38 Å². The smallest absolute Gasteiger partial charge is 0.338 e. The quantitative estimate of drug-likeness (QED) is 0.727. The SMILES string of the molecule is CC[C@H](C)[C@H](NS(=O)(=O)c1cc(C(=O)OC)cs1)C(=O)O. The number of ether oxygens (including phenoxy) is 1. The van der Waals surface area contributed by atoms with Crippen LogP contribution in [0, 0.1) is 5.92 Å². The van der Waals surface area contributed by atoms with Crippen LogP contribution in [0.25, 0.3) is 0 Å². The van der Waals surface area contributed by atoms with Gasteiger partial charge < -0.3 is 9.84 Å². The predicted octanol–water partition coefficient (Wildman–Crippen LogP) is 1.31. The maximum absolute atomic E-state index is 12.2. The van der Waals surface area contributed by atoms with Gasteiger partial charge >= 0.3 is 11.9 Å². The lowest BCUT2D eigenvalue weighted by Crippen LogP contribution is -2.44. The molecule has 2 N–H and O–H groups in total. The fourth-order valence-corrected chi connectivity index (χ4v) is 4.02. The second kappa shape index (κ2) is 7.01. The zero-order valence-electron chi connectivity index (χ0n) is 11.8. The zero-order chi connectivity index (χ0) is 16.2. The molecule has 0 spiro atoms. The highest BCUT2D eigenvalue weighted by atomic mass is 32.2. The summed E-state index contributed by atoms with van der Waals surface area (Å²) >= 11 is 0.829. The van der Waals surface area contributed by atoms with Crippen LogP contribution in [0.2, 0.25) is 0 Å². The topological polar surface area (TPSA) is 110 Å². The summed E-state index contributed by atoms with van der Waals surface area (Å²) in [4.78, 5) is 22.5. The number of carboxylic acid groups (broad SMARTS) is 1. The second-order valence-electron chi connectivity index (χ2n) is 4.47. The fraction of sp³-hybridized carbons (Fsp3) is 0.500. The van der Waals surface area contributed by atoms with Crippen LogP contribution in [0.4, 0.5) is 0 Å². The van der Waals surface area contributed by atoms with Crippen molar-refractivity contribution >= 4 is 33.3 Å². The van der Waals surface area contributed by atoms with Gasteiger partial charge in [-0.05, 0) is 12.0 Å². The van der Waals surface area contributed by atoms with Gasteiger partial charge in [-0.2, -0.15) is 4.72 Å². The minimum Gasteiger partial charge on any atom is -0.480 e. The molecule has 118 valence electrons. The molecule has 0 saturated heterocycles. The molecule has 0 aliphatic carbocycles. The molecule has 1 rings (SSSR count). The Morgan fingerprint density at radius 2 is 2.10 bits per heavy atom. The molecule has 21 heavy (non-hydrogen) atoms. The Morgan fingerprint density at radius 3 is 2.57 bits per heavy atom. The Morgan fingerprint density at radius 1 is 1.48 bits per heavy atom. The first-order chi connectivity index (χ1) is 9.72. The standard InChI is InChI=1S/C12H17NO6S2/c1-4-7(2)10(11(14)15)13-21(17,18)9-5-8(6-20-9)12(16)19-3/h5-7,10,13H,4H2,1-3H3,(H,14,15)/t7-,10-/m0/s1. The average Bonchev–Trinajstić information content (AvgIpc) is 2.93. The van der Waals surface area contributed by atoms with E-state index in [0.717, 1.165) is 17.4 Å². The molecular weight excluding hydrogens is 318 g/mol. The highest BCUT2D eigenvalue weighted by Crippen LogP contribution is 2.22. The van der Waals surface area contributed by atoms with Crippen molar-refractivity contribution in [2.24, 2.45) is 5.92 Å². The van der Waals surface area contributed by atoms with Crippen molar-refractivity contribution in [2.45, 2.75) is 30.5 Å². The van der Waals surface area contributed by atoms with Gasteiger partial charge in [0.15, 0.2) is 0 Å². The number of hydrogen-bond donors (Lipinski definition) is 2. The molecule has 2 atom stereocenters. The molecule has 0 aromatic carbocycles. The number of carbonyl (C=O) groups excluding carboxylic acids is 1. The maximum Gasteiger partial charge on any atom is 0.338 e. The summed E-state index contributed by atoms with van der Waals surface area (Å²) in [7, 11) is -2.81. The number of carboxylic acids is 1. The number of aliphatic carboxylic acids is 1. The van der Waals surface area contributed by atoms with Crippen molar-refractivity contribution in [1.82, 2.24) is 4.72 Å². The monoisotopic (exact) mass is 335 g/mol. The van der Waals surface area contributed by atoms with Crippen LogP contribution < -0.4 is 4.72 Å². The summed E-state index contributed by atoms with van der Waals surface area (Å²) in [6, 6.07) is -0.0578. The van der Waals surface area contributed by atoms with Crippen LogP contribution in [-0.2, 0) is 19.6 Å². The normalized spacial score (nSPS) is 14.4. The molecule has 7 nitrogen and oxygen atoms in total. The number of thiophene rings is 1. The predicted molar refractivity (Wildman–Crippen MR) is 76.9 cm³/mol. The molecule has 0 radical (unpaired) electrons. The van der Waals surface area contributed by atoms with Gasteiger partial charge in [0.25, 0.3) is 10.0 Å². The number of carbonyl (C=O) groups is 2. The van der Waals surface area contributed by atoms with Gasteiger partial charge in [-0.1, -0.05) is 20.3 Å². The summed E-state index contributed by atoms with van der Waals surface area (Å²) in [6.45, 7) is 3.42. The van der Waals surface area contributed by atoms with Gasteiger partial charge in [-0.25, -0.2) is 13.2 Å². The number of hydrogen-bond acceptors (Lipinski definition) is 6. The van der Waals surface area contributed by atoms with E-state index in [1.54, 1.807) is 13.8 Å². The molecule has 9 heteroatoms. The van der Waals surface area contributed by atoms with Crippen LogP contribution in [0.5, 0.6) is 0 Å². The summed E-state index contributed by atoms with van der Waals surface area (Å²) in [6.07, 6.45) is 0.511. The second-order valence-corrected chi connectivity index (χ2v) is 7.32. The van der Waals surface area contributed by atoms with Gasteiger partial charge in [-0.15, -0.1) is 11.3 Å². The van der Waals surface area contributed by atoms with Crippen molar-refractivity contribution in [2.75, 3.05) is 7.11 Å². The van der Waals surface area contributed by atoms with Crippen molar-refractivity contribution in [1.29, 1.82) is 0 Å². The molecule has 0 fully saturated rings. The third-order valence-corrected chi connectivity index (χ3v) is 5.90. The zero-order valence-corrected chi connectivity index (χ0v) is 13.5. The van der Waals surface area contributed by atoms with E-state index in [2.05, 4.69) is 9.46 Å². The summed E-state index contributed by atoms with van der Waals surface area (Å²) in [5, 5.41) is 10.5.